The van der Waals surface area contributed by atoms with Crippen LogP contribution < -0.4 is 5.32 Å². The van der Waals surface area contributed by atoms with E-state index in [1.807, 2.05) is 0 Å². The molecule has 0 fully saturated rings. The van der Waals surface area contributed by atoms with Crippen LogP contribution in [0.4, 0.5) is 5.69 Å². The second-order valence-electron chi connectivity index (χ2n) is 2.99. The van der Waals surface area contributed by atoms with Crippen LogP contribution in [0.2, 0.25) is 5.02 Å². The van der Waals surface area contributed by atoms with Gasteiger partial charge in [-0.1, -0.05) is 11.6 Å². The van der Waals surface area contributed by atoms with Crippen LogP contribution in [0.25, 0.3) is 0 Å². The number of aryl methyl sites for hydroxylation is 1. The van der Waals surface area contributed by atoms with Gasteiger partial charge in [0.25, 0.3) is 0 Å². The highest BCUT2D eigenvalue weighted by Crippen LogP contribution is 2.32. The molecule has 3 heteroatoms. The van der Waals surface area contributed by atoms with Crippen molar-refractivity contribution in [3.8, 4) is 5.75 Å². The third kappa shape index (κ3) is 1.23. The van der Waals surface area contributed by atoms with Crippen LogP contribution in [0.5, 0.6) is 5.75 Å². The van der Waals surface area contributed by atoms with Crippen molar-refractivity contribution in [3.63, 3.8) is 0 Å². The smallest absolute Gasteiger partial charge is 0.134 e. The average molecular weight is 184 g/mol. The molecule has 1 aromatic rings. The van der Waals surface area contributed by atoms with Gasteiger partial charge in [-0.3, -0.25) is 0 Å². The number of fused-ring (bicyclic) bond motifs is 1. The van der Waals surface area contributed by atoms with E-state index in [9.17, 15) is 5.11 Å². The summed E-state index contributed by atoms with van der Waals surface area (Å²) in [4.78, 5) is 0. The van der Waals surface area contributed by atoms with E-state index in [1.54, 1.807) is 12.1 Å². The Morgan fingerprint density at radius 3 is 3.08 bits per heavy atom. The second-order valence-corrected chi connectivity index (χ2v) is 3.40. The fourth-order valence-corrected chi connectivity index (χ4v) is 1.64. The number of halogens is 1. The first-order chi connectivity index (χ1) is 5.77. The molecular weight excluding hydrogens is 174 g/mol. The Labute approximate surface area is 76.2 Å². The van der Waals surface area contributed by atoms with E-state index in [4.69, 9.17) is 11.6 Å². The van der Waals surface area contributed by atoms with E-state index in [0.717, 1.165) is 30.6 Å². The Morgan fingerprint density at radius 1 is 1.42 bits per heavy atom. The van der Waals surface area contributed by atoms with Gasteiger partial charge in [-0.05, 0) is 30.5 Å². The fourth-order valence-electron chi connectivity index (χ4n) is 1.48. The molecule has 1 aliphatic rings. The van der Waals surface area contributed by atoms with Crippen LogP contribution in [-0.2, 0) is 6.42 Å². The average Bonchev–Trinajstić information content (AvgIpc) is 2.07. The standard InChI is InChI=1S/C9H10ClNO/c10-7-5-8-6(4-9(7)12)2-1-3-11-8/h4-5,11-12H,1-3H2. The van der Waals surface area contributed by atoms with Crippen LogP contribution in [0.15, 0.2) is 12.1 Å². The van der Waals surface area contributed by atoms with Crippen LogP contribution in [0.1, 0.15) is 12.0 Å². The summed E-state index contributed by atoms with van der Waals surface area (Å²) in [7, 11) is 0. The van der Waals surface area contributed by atoms with E-state index in [2.05, 4.69) is 5.32 Å². The van der Waals surface area contributed by atoms with Gasteiger partial charge in [-0.2, -0.15) is 0 Å². The maximum Gasteiger partial charge on any atom is 0.134 e. The zero-order valence-electron chi connectivity index (χ0n) is 6.60. The van der Waals surface area contributed by atoms with Gasteiger partial charge in [0, 0.05) is 12.2 Å². The van der Waals surface area contributed by atoms with Crippen molar-refractivity contribution in [2.45, 2.75) is 12.8 Å². The van der Waals surface area contributed by atoms with Crippen molar-refractivity contribution >= 4 is 17.3 Å². The van der Waals surface area contributed by atoms with E-state index in [1.165, 1.54) is 0 Å². The fraction of sp³-hybridized carbons (Fsp3) is 0.333. The molecule has 0 aliphatic carbocycles. The highest BCUT2D eigenvalue weighted by atomic mass is 35.5. The molecule has 64 valence electrons. The third-order valence-electron chi connectivity index (χ3n) is 2.11. The Bertz CT molecular complexity index is 281. The molecular formula is C9H10ClNO. The SMILES string of the molecule is Oc1cc2c(cc1Cl)NCCC2. The molecule has 0 bridgehead atoms. The summed E-state index contributed by atoms with van der Waals surface area (Å²) in [6, 6.07) is 3.52. The topological polar surface area (TPSA) is 32.3 Å². The van der Waals surface area contributed by atoms with Gasteiger partial charge in [0.1, 0.15) is 5.75 Å². The number of hydrogen-bond acceptors (Lipinski definition) is 2. The van der Waals surface area contributed by atoms with Gasteiger partial charge in [-0.15, -0.1) is 0 Å². The van der Waals surface area contributed by atoms with E-state index >= 15 is 0 Å². The monoisotopic (exact) mass is 183 g/mol. The van der Waals surface area contributed by atoms with Crippen molar-refractivity contribution in [3.05, 3.63) is 22.7 Å². The Balaban J connectivity index is 2.49. The number of anilines is 1. The van der Waals surface area contributed by atoms with Crippen molar-refractivity contribution in [1.82, 2.24) is 0 Å². The molecule has 12 heavy (non-hydrogen) atoms. The lowest BCUT2D eigenvalue weighted by atomic mass is 10.0. The van der Waals surface area contributed by atoms with Crippen molar-refractivity contribution in [1.29, 1.82) is 0 Å². The zero-order valence-corrected chi connectivity index (χ0v) is 7.36. The molecule has 2 nitrogen and oxygen atoms in total. The normalized spacial score (nSPS) is 15.1. The molecule has 0 atom stereocenters. The first-order valence-corrected chi connectivity index (χ1v) is 4.40. The van der Waals surface area contributed by atoms with Crippen LogP contribution >= 0.6 is 11.6 Å². The molecule has 0 saturated carbocycles. The lowest BCUT2D eigenvalue weighted by Crippen LogP contribution is -2.11. The molecule has 0 radical (unpaired) electrons. The summed E-state index contributed by atoms with van der Waals surface area (Å²) in [6.45, 7) is 0.994. The van der Waals surface area contributed by atoms with Crippen molar-refractivity contribution in [2.75, 3.05) is 11.9 Å². The Morgan fingerprint density at radius 2 is 2.25 bits per heavy atom. The van der Waals surface area contributed by atoms with Crippen molar-refractivity contribution < 1.29 is 5.11 Å². The summed E-state index contributed by atoms with van der Waals surface area (Å²) in [5.74, 6) is 0.180. The van der Waals surface area contributed by atoms with Crippen LogP contribution in [-0.4, -0.2) is 11.7 Å². The maximum atomic E-state index is 9.32. The summed E-state index contributed by atoms with van der Waals surface area (Å²) in [6.07, 6.45) is 2.14. The van der Waals surface area contributed by atoms with E-state index < -0.39 is 0 Å². The van der Waals surface area contributed by atoms with E-state index in [0.29, 0.717) is 5.02 Å². The van der Waals surface area contributed by atoms with E-state index in [-0.39, 0.29) is 5.75 Å². The Hall–Kier alpha value is -0.890. The number of benzene rings is 1. The van der Waals surface area contributed by atoms with Gasteiger partial charge in [0.2, 0.25) is 0 Å². The number of hydrogen-bond donors (Lipinski definition) is 2. The molecule has 2 N–H and O–H groups in total. The number of phenolic OH excluding ortho intramolecular Hbond substituents is 1. The molecule has 1 aliphatic heterocycles. The molecule has 0 unspecified atom stereocenters. The van der Waals surface area contributed by atoms with Crippen LogP contribution in [0.3, 0.4) is 0 Å². The summed E-state index contributed by atoms with van der Waals surface area (Å²) < 4.78 is 0. The molecule has 2 rings (SSSR count). The van der Waals surface area contributed by atoms with Crippen LogP contribution in [0, 0.1) is 0 Å². The maximum absolute atomic E-state index is 9.32. The number of phenols is 1. The van der Waals surface area contributed by atoms with Gasteiger partial charge in [-0.25, -0.2) is 0 Å². The lowest BCUT2D eigenvalue weighted by Gasteiger charge is -2.18. The van der Waals surface area contributed by atoms with Crippen molar-refractivity contribution in [2.24, 2.45) is 0 Å². The predicted molar refractivity (Wildman–Crippen MR) is 49.9 cm³/mol. The van der Waals surface area contributed by atoms with Gasteiger partial charge >= 0.3 is 0 Å². The minimum atomic E-state index is 0.180. The number of aromatic hydroxyl groups is 1. The molecule has 0 saturated heterocycles. The first kappa shape index (κ1) is 7.74. The molecule has 0 aromatic heterocycles. The highest BCUT2D eigenvalue weighted by molar-refractivity contribution is 6.32. The minimum absolute atomic E-state index is 0.180. The lowest BCUT2D eigenvalue weighted by molar-refractivity contribution is 0.474. The molecule has 1 heterocycles. The quantitative estimate of drug-likeness (QED) is 0.606. The zero-order chi connectivity index (χ0) is 8.55. The minimum Gasteiger partial charge on any atom is -0.506 e. The molecule has 1 aromatic carbocycles. The first-order valence-electron chi connectivity index (χ1n) is 4.02. The number of nitrogens with one attached hydrogen (secondary N) is 1. The summed E-state index contributed by atoms with van der Waals surface area (Å²) in [5.41, 5.74) is 2.22. The summed E-state index contributed by atoms with van der Waals surface area (Å²) in [5, 5.41) is 13.0. The Kier molecular flexibility index (Phi) is 1.85. The third-order valence-corrected chi connectivity index (χ3v) is 2.41. The van der Waals surface area contributed by atoms with Gasteiger partial charge in [0.05, 0.1) is 5.02 Å². The highest BCUT2D eigenvalue weighted by Gasteiger charge is 2.10. The second kappa shape index (κ2) is 2.87. The largest absolute Gasteiger partial charge is 0.506 e. The van der Waals surface area contributed by atoms with Gasteiger partial charge < -0.3 is 10.4 Å². The predicted octanol–water partition coefficient (Wildman–Crippen LogP) is 2.40. The molecule has 0 spiro atoms. The molecule has 0 amide bonds. The number of rotatable bonds is 0. The summed E-state index contributed by atoms with van der Waals surface area (Å²) >= 11 is 5.76. The van der Waals surface area contributed by atoms with Gasteiger partial charge in [0.15, 0.2) is 0 Å².